The van der Waals surface area contributed by atoms with Gasteiger partial charge in [-0.25, -0.2) is 14.6 Å². The summed E-state index contributed by atoms with van der Waals surface area (Å²) in [6, 6.07) is 18.2. The van der Waals surface area contributed by atoms with E-state index in [4.69, 9.17) is 14.5 Å². The predicted octanol–water partition coefficient (Wildman–Crippen LogP) is 8.96. The molecule has 1 heterocycles. The maximum Gasteiger partial charge on any atom is 0.412 e. The maximum absolute atomic E-state index is 12.6. The van der Waals surface area contributed by atoms with Gasteiger partial charge in [0.15, 0.2) is 23.1 Å². The van der Waals surface area contributed by atoms with Crippen LogP contribution >= 0.6 is 7.53 Å². The Balaban J connectivity index is 1.92. The number of carbonyl (C=O) groups excluding carboxylic acids is 2. The van der Waals surface area contributed by atoms with Crippen molar-refractivity contribution < 1.29 is 19.1 Å². The molecule has 0 aliphatic heterocycles. The van der Waals surface area contributed by atoms with Crippen molar-refractivity contribution in [1.82, 2.24) is 4.98 Å². The molecule has 0 bridgehead atoms. The number of fused-ring (bicyclic) bond motifs is 2. The molecule has 0 spiro atoms. The third-order valence-corrected chi connectivity index (χ3v) is 8.15. The van der Waals surface area contributed by atoms with Gasteiger partial charge in [0.05, 0.1) is 11.4 Å². The summed E-state index contributed by atoms with van der Waals surface area (Å²) in [7, 11) is -1.04. The van der Waals surface area contributed by atoms with Gasteiger partial charge in [-0.2, -0.15) is 0 Å². The average molecular weight is 533 g/mol. The number of rotatable bonds is 3. The first kappa shape index (κ1) is 27.3. The highest BCUT2D eigenvalue weighted by atomic mass is 31.1. The van der Waals surface area contributed by atoms with Crippen molar-refractivity contribution in [2.75, 3.05) is 10.6 Å². The summed E-state index contributed by atoms with van der Waals surface area (Å²) in [4.78, 5) is 30.2. The van der Waals surface area contributed by atoms with Crippen LogP contribution in [0.5, 0.6) is 0 Å². The van der Waals surface area contributed by atoms with Gasteiger partial charge in [0, 0.05) is 12.1 Å². The van der Waals surface area contributed by atoms with Crippen molar-refractivity contribution in [2.45, 2.75) is 66.6 Å². The van der Waals surface area contributed by atoms with Gasteiger partial charge in [0.2, 0.25) is 0 Å². The van der Waals surface area contributed by atoms with Crippen molar-refractivity contribution in [3.05, 3.63) is 65.7 Å². The molecule has 0 aliphatic carbocycles. The van der Waals surface area contributed by atoms with Crippen molar-refractivity contribution in [3.8, 4) is 5.30 Å². The van der Waals surface area contributed by atoms with Gasteiger partial charge in [0.1, 0.15) is 22.2 Å². The zero-order valence-electron chi connectivity index (χ0n) is 23.2. The fourth-order valence-corrected chi connectivity index (χ4v) is 6.60. The first-order chi connectivity index (χ1) is 17.7. The first-order valence-corrected chi connectivity index (χ1v) is 13.9. The molecule has 1 aromatic heterocycles. The van der Waals surface area contributed by atoms with Crippen LogP contribution < -0.4 is 10.6 Å². The number of nitrogens with one attached hydrogen (secondary N) is 2. The van der Waals surface area contributed by atoms with Gasteiger partial charge >= 0.3 is 12.2 Å². The van der Waals surface area contributed by atoms with Crippen LogP contribution in [0.4, 0.5) is 21.0 Å². The maximum atomic E-state index is 12.6. The van der Waals surface area contributed by atoms with Crippen molar-refractivity contribution >= 4 is 52.4 Å². The van der Waals surface area contributed by atoms with Gasteiger partial charge in [-0.1, -0.05) is 18.2 Å². The van der Waals surface area contributed by atoms with Gasteiger partial charge in [-0.3, -0.25) is 10.6 Å². The van der Waals surface area contributed by atoms with Crippen LogP contribution in [-0.2, 0) is 9.47 Å². The van der Waals surface area contributed by atoms with Gasteiger partial charge in [-0.15, -0.1) is 0 Å². The summed E-state index contributed by atoms with van der Waals surface area (Å²) in [5.41, 5.74) is 3.67. The minimum Gasteiger partial charge on any atom is -0.444 e. The van der Waals surface area contributed by atoms with Crippen molar-refractivity contribution in [1.29, 1.82) is 0 Å². The predicted molar refractivity (Wildman–Crippen MR) is 157 cm³/mol. The molecular weight excluding hydrogens is 497 g/mol. The van der Waals surface area contributed by atoms with E-state index >= 15 is 0 Å². The molecule has 4 aromatic rings. The van der Waals surface area contributed by atoms with Crippen LogP contribution in [0.25, 0.3) is 26.6 Å². The van der Waals surface area contributed by atoms with Crippen LogP contribution in [-0.4, -0.2) is 28.4 Å². The van der Waals surface area contributed by atoms with Crippen molar-refractivity contribution in [3.63, 3.8) is 0 Å². The number of hydrogen-bond donors (Lipinski definition) is 2. The SMILES string of the molecule is Cc1cc2nc3cc(C)c(NC(=O)OC(C)(C)C)cc3[p+](-c3ccccc3)c2cc1NC(=O)OC(C)(C)C. The van der Waals surface area contributed by atoms with Gasteiger partial charge < -0.3 is 9.47 Å². The molecule has 0 fully saturated rings. The number of hydrogen-bond acceptors (Lipinski definition) is 5. The third kappa shape index (κ3) is 6.40. The van der Waals surface area contributed by atoms with Gasteiger partial charge in [-0.05, 0) is 90.8 Å². The molecular formula is C30H35N3O4P+. The van der Waals surface area contributed by atoms with E-state index in [1.165, 1.54) is 0 Å². The largest absolute Gasteiger partial charge is 0.444 e. The number of aryl methyl sites for hydroxylation is 2. The van der Waals surface area contributed by atoms with Crippen LogP contribution in [0.15, 0.2) is 54.6 Å². The summed E-state index contributed by atoms with van der Waals surface area (Å²) in [5, 5.41) is 9.00. The van der Waals surface area contributed by atoms with Crippen molar-refractivity contribution in [2.24, 2.45) is 0 Å². The van der Waals surface area contributed by atoms with Gasteiger partial charge in [0.25, 0.3) is 0 Å². The zero-order chi connectivity index (χ0) is 27.8. The average Bonchev–Trinajstić information content (AvgIpc) is 2.77. The Labute approximate surface area is 224 Å². The molecule has 0 unspecified atom stereocenters. The van der Waals surface area contributed by atoms with E-state index in [0.29, 0.717) is 11.4 Å². The summed E-state index contributed by atoms with van der Waals surface area (Å²) >= 11 is 0. The minimum absolute atomic E-state index is 0.503. The van der Waals surface area contributed by atoms with E-state index in [9.17, 15) is 9.59 Å². The number of nitrogens with zero attached hydrogens (tertiary/aromatic N) is 1. The highest BCUT2D eigenvalue weighted by Crippen LogP contribution is 2.52. The number of aromatic nitrogens is 1. The molecule has 2 N–H and O–H groups in total. The smallest absolute Gasteiger partial charge is 0.412 e. The van der Waals surface area contributed by atoms with Crippen LogP contribution in [0.2, 0.25) is 0 Å². The molecule has 38 heavy (non-hydrogen) atoms. The lowest BCUT2D eigenvalue weighted by Crippen LogP contribution is -2.27. The van der Waals surface area contributed by atoms with Crippen LogP contribution in [0.3, 0.4) is 0 Å². The number of anilines is 2. The lowest BCUT2D eigenvalue weighted by atomic mass is 10.1. The monoisotopic (exact) mass is 532 g/mol. The second-order valence-electron chi connectivity index (χ2n) is 11.3. The second-order valence-corrected chi connectivity index (χ2v) is 13.5. The molecule has 198 valence electrons. The molecule has 0 saturated carbocycles. The summed E-state index contributed by atoms with van der Waals surface area (Å²) < 4.78 is 11.0. The Kier molecular flexibility index (Phi) is 7.35. The fourth-order valence-electron chi connectivity index (χ4n) is 4.11. The topological polar surface area (TPSA) is 89.5 Å². The van der Waals surface area contributed by atoms with Crippen LogP contribution in [0, 0.1) is 13.8 Å². The summed E-state index contributed by atoms with van der Waals surface area (Å²) in [6.45, 7) is 14.9. The summed E-state index contributed by atoms with van der Waals surface area (Å²) in [5.74, 6) is 0. The minimum atomic E-state index is -1.04. The number of ether oxygens (including phenoxy) is 2. The normalized spacial score (nSPS) is 11.9. The Morgan fingerprint density at radius 3 is 1.53 bits per heavy atom. The van der Waals surface area contributed by atoms with E-state index in [-0.39, 0.29) is 0 Å². The van der Waals surface area contributed by atoms with E-state index in [2.05, 4.69) is 22.8 Å². The van der Waals surface area contributed by atoms with E-state index in [1.807, 2.05) is 97.9 Å². The van der Waals surface area contributed by atoms with E-state index < -0.39 is 30.9 Å². The molecule has 8 heteroatoms. The Morgan fingerprint density at radius 2 is 1.13 bits per heavy atom. The molecule has 0 aliphatic rings. The quantitative estimate of drug-likeness (QED) is 0.257. The molecule has 2 amide bonds. The Morgan fingerprint density at radius 1 is 0.711 bits per heavy atom. The van der Waals surface area contributed by atoms with Crippen LogP contribution in [0.1, 0.15) is 52.7 Å². The standard InChI is InChI=1S/C30H34N3O4P/c1-18-14-23-25(16-21(18)32-27(34)36-29(3,4)5)38(20-12-10-9-11-13-20)26-17-22(19(2)15-24(26)31-23)33-28(35)37-30(6,7)8/h9-17H,1-8H3,(H-,32,33,34,35)/p+1. The number of amides is 2. The molecule has 7 nitrogen and oxygen atoms in total. The van der Waals surface area contributed by atoms with E-state index in [1.54, 1.807) is 0 Å². The molecule has 3 aromatic carbocycles. The zero-order valence-corrected chi connectivity index (χ0v) is 24.1. The second kappa shape index (κ2) is 10.2. The number of carbonyl (C=O) groups is 2. The number of benzene rings is 3. The Hall–Kier alpha value is -3.70. The highest BCUT2D eigenvalue weighted by molar-refractivity contribution is 7.67. The highest BCUT2D eigenvalue weighted by Gasteiger charge is 2.26. The third-order valence-electron chi connectivity index (χ3n) is 5.65. The van der Waals surface area contributed by atoms with E-state index in [0.717, 1.165) is 37.7 Å². The molecule has 4 rings (SSSR count). The first-order valence-electron chi connectivity index (χ1n) is 12.6. The lowest BCUT2D eigenvalue weighted by Gasteiger charge is -2.20. The Bertz CT molecular complexity index is 1440. The molecule has 0 atom stereocenters. The lowest BCUT2D eigenvalue weighted by molar-refractivity contribution is 0.0624. The molecule has 0 saturated heterocycles. The fraction of sp³-hybridized carbons (Fsp3) is 0.333. The molecule has 0 radical (unpaired) electrons. The summed E-state index contributed by atoms with van der Waals surface area (Å²) in [6.07, 6.45) is -1.01.